The van der Waals surface area contributed by atoms with Crippen molar-refractivity contribution >= 4 is 23.2 Å². The molecule has 2 N–H and O–H groups in total. The third-order valence-electron chi connectivity index (χ3n) is 2.48. The quantitative estimate of drug-likeness (QED) is 0.877. The second kappa shape index (κ2) is 6.56. The lowest BCUT2D eigenvalue weighted by molar-refractivity contribution is -0.137. The highest BCUT2D eigenvalue weighted by Crippen LogP contribution is 2.33. The van der Waals surface area contributed by atoms with E-state index in [1.807, 2.05) is 20.8 Å². The highest BCUT2D eigenvalue weighted by atomic mass is 35.5. The van der Waals surface area contributed by atoms with Crippen LogP contribution in [0, 0.1) is 0 Å². The van der Waals surface area contributed by atoms with Gasteiger partial charge in [0.1, 0.15) is 0 Å². The van der Waals surface area contributed by atoms with Gasteiger partial charge in [0, 0.05) is 18.5 Å². The first-order valence-electron chi connectivity index (χ1n) is 6.41. The predicted octanol–water partition coefficient (Wildman–Crippen LogP) is 4.08. The molecule has 118 valence electrons. The molecule has 0 fully saturated rings. The van der Waals surface area contributed by atoms with E-state index < -0.39 is 11.7 Å². The van der Waals surface area contributed by atoms with E-state index in [1.165, 1.54) is 6.07 Å². The summed E-state index contributed by atoms with van der Waals surface area (Å²) in [5, 5.41) is 5.69. The average Bonchev–Trinajstić information content (AvgIpc) is 2.27. The number of carbonyl (C=O) groups excluding carboxylic acids is 1. The second-order valence-corrected chi connectivity index (χ2v) is 6.07. The lowest BCUT2D eigenvalue weighted by atomic mass is 10.1. The topological polar surface area (TPSA) is 41.1 Å². The van der Waals surface area contributed by atoms with E-state index in [9.17, 15) is 18.0 Å². The first kappa shape index (κ1) is 17.6. The van der Waals surface area contributed by atoms with Crippen LogP contribution < -0.4 is 10.6 Å². The molecule has 1 aromatic rings. The van der Waals surface area contributed by atoms with Gasteiger partial charge in [-0.2, -0.15) is 13.2 Å². The number of amides is 1. The van der Waals surface area contributed by atoms with E-state index in [2.05, 4.69) is 10.6 Å². The molecule has 0 saturated heterocycles. The van der Waals surface area contributed by atoms with Gasteiger partial charge in [-0.05, 0) is 39.0 Å². The molecular weight excluding hydrogens is 305 g/mol. The fourth-order valence-electron chi connectivity index (χ4n) is 1.63. The van der Waals surface area contributed by atoms with Gasteiger partial charge in [-0.25, -0.2) is 0 Å². The Balaban J connectivity index is 2.62. The summed E-state index contributed by atoms with van der Waals surface area (Å²) in [7, 11) is 0. The summed E-state index contributed by atoms with van der Waals surface area (Å²) in [5.74, 6) is -0.182. The van der Waals surface area contributed by atoms with Crippen molar-refractivity contribution in [2.24, 2.45) is 0 Å². The number of hydrogen-bond acceptors (Lipinski definition) is 2. The van der Waals surface area contributed by atoms with Crippen molar-refractivity contribution in [3.8, 4) is 0 Å². The molecule has 1 rings (SSSR count). The van der Waals surface area contributed by atoms with Crippen LogP contribution in [-0.2, 0) is 11.0 Å². The number of anilines is 1. The second-order valence-electron chi connectivity index (χ2n) is 5.67. The normalized spacial score (nSPS) is 12.1. The van der Waals surface area contributed by atoms with Gasteiger partial charge in [-0.15, -0.1) is 0 Å². The van der Waals surface area contributed by atoms with Crippen LogP contribution in [0.2, 0.25) is 5.02 Å². The zero-order chi connectivity index (χ0) is 16.3. The van der Waals surface area contributed by atoms with Crippen LogP contribution in [0.1, 0.15) is 32.8 Å². The maximum absolute atomic E-state index is 12.6. The molecule has 7 heteroatoms. The molecule has 0 aliphatic carbocycles. The molecule has 0 spiro atoms. The van der Waals surface area contributed by atoms with Crippen LogP contribution in [0.5, 0.6) is 0 Å². The zero-order valence-electron chi connectivity index (χ0n) is 12.1. The van der Waals surface area contributed by atoms with E-state index in [-0.39, 0.29) is 35.1 Å². The third-order valence-corrected chi connectivity index (χ3v) is 2.81. The van der Waals surface area contributed by atoms with Crippen molar-refractivity contribution in [2.75, 3.05) is 11.9 Å². The first-order valence-corrected chi connectivity index (χ1v) is 6.78. The van der Waals surface area contributed by atoms with E-state index in [1.54, 1.807) is 0 Å². The van der Waals surface area contributed by atoms with Crippen LogP contribution in [0.25, 0.3) is 0 Å². The number of carbonyl (C=O) groups is 1. The molecule has 1 aromatic carbocycles. The van der Waals surface area contributed by atoms with Crippen molar-refractivity contribution in [1.82, 2.24) is 5.32 Å². The third kappa shape index (κ3) is 6.25. The molecular formula is C14H18ClF3N2O. The van der Waals surface area contributed by atoms with Crippen molar-refractivity contribution in [3.63, 3.8) is 0 Å². The lowest BCUT2D eigenvalue weighted by Crippen LogP contribution is -2.41. The Morgan fingerprint density at radius 2 is 1.86 bits per heavy atom. The molecule has 0 atom stereocenters. The van der Waals surface area contributed by atoms with Gasteiger partial charge in [0.25, 0.3) is 0 Å². The Morgan fingerprint density at radius 1 is 1.24 bits per heavy atom. The van der Waals surface area contributed by atoms with Crippen molar-refractivity contribution in [2.45, 2.75) is 38.9 Å². The lowest BCUT2D eigenvalue weighted by Gasteiger charge is -2.20. The van der Waals surface area contributed by atoms with Gasteiger partial charge in [-0.1, -0.05) is 11.6 Å². The molecule has 0 saturated carbocycles. The van der Waals surface area contributed by atoms with E-state index in [0.29, 0.717) is 0 Å². The molecule has 0 radical (unpaired) electrons. The molecule has 3 nitrogen and oxygen atoms in total. The minimum atomic E-state index is -4.43. The van der Waals surface area contributed by atoms with E-state index in [0.717, 1.165) is 12.1 Å². The molecule has 0 aliphatic rings. The van der Waals surface area contributed by atoms with Crippen LogP contribution in [0.4, 0.5) is 18.9 Å². The van der Waals surface area contributed by atoms with Crippen molar-refractivity contribution in [1.29, 1.82) is 0 Å². The summed E-state index contributed by atoms with van der Waals surface area (Å²) >= 11 is 5.84. The summed E-state index contributed by atoms with van der Waals surface area (Å²) in [5.41, 5.74) is -0.964. The fourth-order valence-corrected chi connectivity index (χ4v) is 1.81. The highest BCUT2D eigenvalue weighted by molar-refractivity contribution is 6.33. The van der Waals surface area contributed by atoms with Gasteiger partial charge in [-0.3, -0.25) is 4.79 Å². The Morgan fingerprint density at radius 3 is 2.38 bits per heavy atom. The Kier molecular flexibility index (Phi) is 5.50. The Hall–Kier alpha value is -1.43. The van der Waals surface area contributed by atoms with Gasteiger partial charge in [0.05, 0.1) is 16.3 Å². The maximum atomic E-state index is 12.6. The minimum Gasteiger partial charge on any atom is -0.383 e. The highest BCUT2D eigenvalue weighted by Gasteiger charge is 2.30. The molecule has 1 amide bonds. The van der Waals surface area contributed by atoms with Crippen molar-refractivity contribution in [3.05, 3.63) is 28.8 Å². The summed E-state index contributed by atoms with van der Waals surface area (Å²) in [4.78, 5) is 11.6. The number of rotatable bonds is 4. The minimum absolute atomic E-state index is 0.143. The van der Waals surface area contributed by atoms with Crippen LogP contribution >= 0.6 is 11.6 Å². The molecule has 0 bridgehead atoms. The van der Waals surface area contributed by atoms with Crippen LogP contribution in [0.3, 0.4) is 0 Å². The predicted molar refractivity (Wildman–Crippen MR) is 77.5 cm³/mol. The van der Waals surface area contributed by atoms with Gasteiger partial charge in [0.2, 0.25) is 5.91 Å². The monoisotopic (exact) mass is 322 g/mol. The van der Waals surface area contributed by atoms with Crippen LogP contribution in [0.15, 0.2) is 18.2 Å². The molecule has 0 unspecified atom stereocenters. The average molecular weight is 323 g/mol. The number of halogens is 4. The van der Waals surface area contributed by atoms with E-state index >= 15 is 0 Å². The summed E-state index contributed by atoms with van der Waals surface area (Å²) in [6.45, 7) is 5.74. The number of hydrogen-bond donors (Lipinski definition) is 2. The van der Waals surface area contributed by atoms with Gasteiger partial charge in [0.15, 0.2) is 0 Å². The summed E-state index contributed by atoms with van der Waals surface area (Å²) in [6, 6.07) is 3.03. The number of benzene rings is 1. The number of alkyl halides is 3. The van der Waals surface area contributed by atoms with Gasteiger partial charge >= 0.3 is 6.18 Å². The summed E-state index contributed by atoms with van der Waals surface area (Å²) in [6.07, 6.45) is -4.28. The SMILES string of the molecule is CC(C)(C)NC(=O)CCNc1cc(C(F)(F)F)ccc1Cl. The smallest absolute Gasteiger partial charge is 0.383 e. The number of nitrogens with one attached hydrogen (secondary N) is 2. The molecule has 0 aliphatic heterocycles. The van der Waals surface area contributed by atoms with Gasteiger partial charge < -0.3 is 10.6 Å². The Bertz CT molecular complexity index is 510. The first-order chi connectivity index (χ1) is 9.49. The largest absolute Gasteiger partial charge is 0.416 e. The van der Waals surface area contributed by atoms with Crippen LogP contribution in [-0.4, -0.2) is 18.0 Å². The molecule has 0 heterocycles. The Labute approximate surface area is 126 Å². The molecule has 21 heavy (non-hydrogen) atoms. The maximum Gasteiger partial charge on any atom is 0.416 e. The summed E-state index contributed by atoms with van der Waals surface area (Å²) < 4.78 is 37.8. The van der Waals surface area contributed by atoms with E-state index in [4.69, 9.17) is 11.6 Å². The van der Waals surface area contributed by atoms with Crippen molar-refractivity contribution < 1.29 is 18.0 Å². The molecule has 0 aromatic heterocycles. The zero-order valence-corrected chi connectivity index (χ0v) is 12.8. The standard InChI is InChI=1S/C14H18ClF3N2O/c1-13(2,3)20-12(21)6-7-19-11-8-9(14(16,17)18)4-5-10(11)15/h4-5,8,19H,6-7H2,1-3H3,(H,20,21). The fraction of sp³-hybridized carbons (Fsp3) is 0.500.